The maximum absolute atomic E-state index is 9.32. The highest BCUT2D eigenvalue weighted by molar-refractivity contribution is 5.87. The smallest absolute Gasteiger partial charge is 0.227 e. The van der Waals surface area contributed by atoms with E-state index in [0.717, 1.165) is 22.7 Å². The Morgan fingerprint density at radius 1 is 1.16 bits per heavy atom. The Labute approximate surface area is 147 Å². The number of hydrogen-bond donors (Lipinski definition) is 2. The molecule has 0 saturated carbocycles. The third-order valence-corrected chi connectivity index (χ3v) is 4.07. The molecule has 132 valence electrons. The molecule has 2 aromatic heterocycles. The number of fused-ring (bicyclic) bond motifs is 1. The summed E-state index contributed by atoms with van der Waals surface area (Å²) in [4.78, 5) is 15.8. The van der Waals surface area contributed by atoms with Crippen molar-refractivity contribution in [2.24, 2.45) is 0 Å². The summed E-state index contributed by atoms with van der Waals surface area (Å²) in [6, 6.07) is 10.1. The number of rotatable bonds is 6. The minimum atomic E-state index is -0.136. The van der Waals surface area contributed by atoms with Gasteiger partial charge >= 0.3 is 0 Å². The van der Waals surface area contributed by atoms with Crippen LogP contribution in [0.2, 0.25) is 0 Å². The molecule has 1 aromatic carbocycles. The first-order chi connectivity index (χ1) is 12.0. The van der Waals surface area contributed by atoms with Crippen LogP contribution in [-0.4, -0.2) is 44.3 Å². The number of imidazole rings is 1. The third kappa shape index (κ3) is 3.41. The highest BCUT2D eigenvalue weighted by Crippen LogP contribution is 2.30. The van der Waals surface area contributed by atoms with E-state index in [-0.39, 0.29) is 18.7 Å². The first kappa shape index (κ1) is 17.2. The van der Waals surface area contributed by atoms with Crippen LogP contribution in [0.15, 0.2) is 36.7 Å². The summed E-state index contributed by atoms with van der Waals surface area (Å²) in [5.41, 5.74) is 2.54. The topological polar surface area (TPSA) is 79.1 Å². The minimum absolute atomic E-state index is 0.00863. The van der Waals surface area contributed by atoms with Crippen molar-refractivity contribution < 1.29 is 5.11 Å². The van der Waals surface area contributed by atoms with Crippen molar-refractivity contribution in [3.05, 3.63) is 36.7 Å². The number of aromatic nitrogens is 4. The molecular weight excluding hydrogens is 316 g/mol. The highest BCUT2D eigenvalue weighted by Gasteiger charge is 2.19. The van der Waals surface area contributed by atoms with Gasteiger partial charge in [0, 0.05) is 24.8 Å². The molecule has 0 spiro atoms. The van der Waals surface area contributed by atoms with Gasteiger partial charge in [0.05, 0.1) is 12.9 Å². The Morgan fingerprint density at radius 3 is 2.52 bits per heavy atom. The quantitative estimate of drug-likeness (QED) is 0.718. The maximum Gasteiger partial charge on any atom is 0.227 e. The SMILES string of the molecule is CC(CO)Nc1nc(N(C)c2ccccc2)c2ncn(C(C)C)c2n1. The van der Waals surface area contributed by atoms with Crippen molar-refractivity contribution in [2.45, 2.75) is 32.9 Å². The number of anilines is 3. The molecule has 0 saturated heterocycles. The lowest BCUT2D eigenvalue weighted by Gasteiger charge is -2.20. The summed E-state index contributed by atoms with van der Waals surface area (Å²) < 4.78 is 2.02. The largest absolute Gasteiger partial charge is 0.394 e. The molecule has 1 unspecified atom stereocenters. The van der Waals surface area contributed by atoms with Gasteiger partial charge in [0.15, 0.2) is 17.0 Å². The molecule has 7 nitrogen and oxygen atoms in total. The zero-order valence-corrected chi connectivity index (χ0v) is 15.0. The highest BCUT2D eigenvalue weighted by atomic mass is 16.3. The van der Waals surface area contributed by atoms with Gasteiger partial charge in [-0.3, -0.25) is 0 Å². The van der Waals surface area contributed by atoms with Gasteiger partial charge in [-0.2, -0.15) is 9.97 Å². The van der Waals surface area contributed by atoms with Gasteiger partial charge < -0.3 is 19.9 Å². The average molecular weight is 340 g/mol. The molecule has 0 bridgehead atoms. The molecule has 2 N–H and O–H groups in total. The van der Waals surface area contributed by atoms with E-state index in [4.69, 9.17) is 0 Å². The molecule has 7 heteroatoms. The number of aliphatic hydroxyl groups is 1. The predicted octanol–water partition coefficient (Wildman–Crippen LogP) is 2.97. The lowest BCUT2D eigenvalue weighted by atomic mass is 10.3. The minimum Gasteiger partial charge on any atom is -0.394 e. The van der Waals surface area contributed by atoms with E-state index in [0.29, 0.717) is 5.95 Å². The second-order valence-electron chi connectivity index (χ2n) is 6.41. The van der Waals surface area contributed by atoms with E-state index < -0.39 is 0 Å². The van der Waals surface area contributed by atoms with Gasteiger partial charge in [0.1, 0.15) is 0 Å². The summed E-state index contributed by atoms with van der Waals surface area (Å²) in [5, 5.41) is 12.5. The number of nitrogens with zero attached hydrogens (tertiary/aromatic N) is 5. The van der Waals surface area contributed by atoms with Crippen LogP contribution in [-0.2, 0) is 0 Å². The van der Waals surface area contributed by atoms with Gasteiger partial charge in [-0.15, -0.1) is 0 Å². The van der Waals surface area contributed by atoms with Gasteiger partial charge in [-0.1, -0.05) is 18.2 Å². The molecule has 0 aliphatic carbocycles. The van der Waals surface area contributed by atoms with Crippen LogP contribution in [0.5, 0.6) is 0 Å². The fourth-order valence-corrected chi connectivity index (χ4v) is 2.62. The molecule has 2 heterocycles. The summed E-state index contributed by atoms with van der Waals surface area (Å²) in [5.74, 6) is 1.21. The molecule has 0 fully saturated rings. The molecule has 0 aliphatic rings. The van der Waals surface area contributed by atoms with Crippen LogP contribution in [0.25, 0.3) is 11.2 Å². The van der Waals surface area contributed by atoms with Crippen LogP contribution in [0, 0.1) is 0 Å². The van der Waals surface area contributed by atoms with Crippen LogP contribution < -0.4 is 10.2 Å². The fourth-order valence-electron chi connectivity index (χ4n) is 2.62. The van der Waals surface area contributed by atoms with Gasteiger partial charge in [0.2, 0.25) is 5.95 Å². The summed E-state index contributed by atoms with van der Waals surface area (Å²) in [6.45, 7) is 6.07. The Hall–Kier alpha value is -2.67. The van der Waals surface area contributed by atoms with Crippen LogP contribution in [0.1, 0.15) is 26.8 Å². The zero-order valence-electron chi connectivity index (χ0n) is 15.0. The average Bonchev–Trinajstić information content (AvgIpc) is 3.05. The number of para-hydroxylation sites is 1. The van der Waals surface area contributed by atoms with Crippen molar-refractivity contribution >= 4 is 28.6 Å². The van der Waals surface area contributed by atoms with Crippen molar-refractivity contribution in [2.75, 3.05) is 23.9 Å². The Morgan fingerprint density at radius 2 is 1.88 bits per heavy atom. The third-order valence-electron chi connectivity index (χ3n) is 4.07. The number of hydrogen-bond acceptors (Lipinski definition) is 6. The summed E-state index contributed by atoms with van der Waals surface area (Å²) in [6.07, 6.45) is 1.80. The van der Waals surface area contributed by atoms with E-state index in [1.54, 1.807) is 6.33 Å². The fraction of sp³-hybridized carbons (Fsp3) is 0.389. The zero-order chi connectivity index (χ0) is 18.0. The van der Waals surface area contributed by atoms with Crippen LogP contribution in [0.3, 0.4) is 0 Å². The molecule has 0 radical (unpaired) electrons. The Bertz CT molecular complexity index is 845. The van der Waals surface area contributed by atoms with E-state index >= 15 is 0 Å². The lowest BCUT2D eigenvalue weighted by molar-refractivity contribution is 0.281. The van der Waals surface area contributed by atoms with Gasteiger partial charge in [-0.05, 0) is 32.9 Å². The Balaban J connectivity index is 2.15. The number of aliphatic hydroxyl groups excluding tert-OH is 1. The normalized spacial score (nSPS) is 12.6. The van der Waals surface area contributed by atoms with Gasteiger partial charge in [0.25, 0.3) is 0 Å². The molecule has 1 atom stereocenters. The second kappa shape index (κ2) is 7.06. The molecule has 3 rings (SSSR count). The van der Waals surface area contributed by atoms with E-state index in [1.807, 2.05) is 53.8 Å². The standard InChI is InChI=1S/C18H24N6O/c1-12(2)24-11-19-15-16(23(4)14-8-6-5-7-9-14)21-18(22-17(15)24)20-13(3)10-25/h5-9,11-13,25H,10H2,1-4H3,(H,20,21,22). The molecule has 0 amide bonds. The van der Waals surface area contributed by atoms with Gasteiger partial charge in [-0.25, -0.2) is 4.98 Å². The van der Waals surface area contributed by atoms with E-state index in [9.17, 15) is 5.11 Å². The first-order valence-corrected chi connectivity index (χ1v) is 8.42. The lowest BCUT2D eigenvalue weighted by Crippen LogP contribution is -2.22. The molecular formula is C18H24N6O. The summed E-state index contributed by atoms with van der Waals surface area (Å²) in [7, 11) is 1.96. The molecule has 25 heavy (non-hydrogen) atoms. The Kier molecular flexibility index (Phi) is 4.85. The second-order valence-corrected chi connectivity index (χ2v) is 6.41. The van der Waals surface area contributed by atoms with Crippen LogP contribution in [0.4, 0.5) is 17.5 Å². The van der Waals surface area contributed by atoms with Crippen molar-refractivity contribution in [3.8, 4) is 0 Å². The van der Waals surface area contributed by atoms with E-state index in [2.05, 4.69) is 34.1 Å². The predicted molar refractivity (Wildman–Crippen MR) is 100 cm³/mol. The monoisotopic (exact) mass is 340 g/mol. The molecule has 3 aromatic rings. The van der Waals surface area contributed by atoms with E-state index in [1.165, 1.54) is 0 Å². The van der Waals surface area contributed by atoms with Crippen molar-refractivity contribution in [1.29, 1.82) is 0 Å². The van der Waals surface area contributed by atoms with Crippen LogP contribution >= 0.6 is 0 Å². The molecule has 0 aliphatic heterocycles. The maximum atomic E-state index is 9.32. The number of nitrogens with one attached hydrogen (secondary N) is 1. The van der Waals surface area contributed by atoms with Crippen molar-refractivity contribution in [3.63, 3.8) is 0 Å². The first-order valence-electron chi connectivity index (χ1n) is 8.42. The summed E-state index contributed by atoms with van der Waals surface area (Å²) >= 11 is 0. The number of benzene rings is 1. The van der Waals surface area contributed by atoms with Crippen molar-refractivity contribution in [1.82, 2.24) is 19.5 Å².